The lowest BCUT2D eigenvalue weighted by atomic mass is 10.0. The molecule has 3 aromatic rings. The topological polar surface area (TPSA) is 146 Å². The summed E-state index contributed by atoms with van der Waals surface area (Å²) >= 11 is 0.976. The number of anilines is 1. The summed E-state index contributed by atoms with van der Waals surface area (Å²) in [6.45, 7) is 0. The molecule has 1 aromatic heterocycles. The predicted octanol–water partition coefficient (Wildman–Crippen LogP) is 3.83. The van der Waals surface area contributed by atoms with Gasteiger partial charge in [-0.1, -0.05) is 60.3 Å². The molecule has 3 rings (SSSR count). The van der Waals surface area contributed by atoms with Crippen molar-refractivity contribution in [3.63, 3.8) is 0 Å². The van der Waals surface area contributed by atoms with E-state index in [4.69, 9.17) is 0 Å². The van der Waals surface area contributed by atoms with Crippen molar-refractivity contribution in [2.24, 2.45) is 0 Å². The molecule has 0 aliphatic rings. The normalized spacial score (nSPS) is 13.1. The van der Waals surface area contributed by atoms with Crippen LogP contribution in [0.2, 0.25) is 0 Å². The molecule has 0 fully saturated rings. The van der Waals surface area contributed by atoms with Crippen LogP contribution in [0.25, 0.3) is 0 Å². The Kier molecular flexibility index (Phi) is 9.79. The van der Waals surface area contributed by atoms with Crippen LogP contribution >= 0.6 is 11.8 Å². The van der Waals surface area contributed by atoms with Crippen molar-refractivity contribution in [1.82, 2.24) is 10.3 Å². The van der Waals surface area contributed by atoms with Crippen molar-refractivity contribution in [1.29, 1.82) is 0 Å². The van der Waals surface area contributed by atoms with Gasteiger partial charge in [0.25, 0.3) is 0 Å². The Morgan fingerprint density at radius 2 is 1.59 bits per heavy atom. The van der Waals surface area contributed by atoms with Crippen molar-refractivity contribution in [3.8, 4) is 0 Å². The first-order valence-electron chi connectivity index (χ1n) is 11.5. The molecule has 192 valence electrons. The summed E-state index contributed by atoms with van der Waals surface area (Å²) in [5.41, 5.74) is -0.369. The molecule has 2 atom stereocenters. The number of carboxylic acid groups (broad SMARTS) is 2. The summed E-state index contributed by atoms with van der Waals surface area (Å²) in [5, 5.41) is 23.8. The number of aliphatic carboxylic acids is 2. The second kappa shape index (κ2) is 13.2. The minimum Gasteiger partial charge on any atom is -0.481 e. The molecule has 4 N–H and O–H groups in total. The lowest BCUT2D eigenvalue weighted by molar-refractivity contribution is -0.147. The molecule has 0 saturated carbocycles. The SMILES string of the molecule is O=C(O)CC[C@@](NC(=O)CC(Cc1ccccc1)SC(=O)c1cccnc1)(Nc1ccccc1)C(=O)O. The lowest BCUT2D eigenvalue weighted by Crippen LogP contribution is -2.60. The van der Waals surface area contributed by atoms with Crippen molar-refractivity contribution in [2.75, 3.05) is 5.32 Å². The van der Waals surface area contributed by atoms with Gasteiger partial charge in [-0.05, 0) is 36.2 Å². The van der Waals surface area contributed by atoms with Gasteiger partial charge < -0.3 is 20.8 Å². The number of rotatable bonds is 13. The third kappa shape index (κ3) is 8.46. The van der Waals surface area contributed by atoms with Gasteiger partial charge in [0.2, 0.25) is 16.7 Å². The first-order chi connectivity index (χ1) is 17.8. The minimum absolute atomic E-state index is 0.176. The maximum atomic E-state index is 13.2. The number of carboxylic acids is 2. The summed E-state index contributed by atoms with van der Waals surface area (Å²) in [7, 11) is 0. The van der Waals surface area contributed by atoms with Crippen LogP contribution in [-0.2, 0) is 20.8 Å². The summed E-state index contributed by atoms with van der Waals surface area (Å²) in [5.74, 6) is -3.26. The standard InChI is InChI=1S/C27H27N3O6S/c31-23(30-27(26(35)36,14-13-24(32)33)29-21-11-5-2-6-12-21)17-22(16-19-8-3-1-4-9-19)37-25(34)20-10-7-15-28-18-20/h1-12,15,18,22,29H,13-14,16-17H2,(H,30,31)(H,32,33)(H,35,36)/t22?,27-/m0/s1. The van der Waals surface area contributed by atoms with Crippen LogP contribution in [-0.4, -0.2) is 49.1 Å². The van der Waals surface area contributed by atoms with E-state index in [0.29, 0.717) is 17.7 Å². The van der Waals surface area contributed by atoms with Gasteiger partial charge in [-0.3, -0.25) is 19.4 Å². The molecular weight excluding hydrogens is 494 g/mol. The lowest BCUT2D eigenvalue weighted by Gasteiger charge is -2.32. The molecule has 1 amide bonds. The molecule has 1 heterocycles. The van der Waals surface area contributed by atoms with Crippen LogP contribution in [0.5, 0.6) is 0 Å². The number of carbonyl (C=O) groups excluding carboxylic acids is 2. The van der Waals surface area contributed by atoms with Crippen LogP contribution in [0.3, 0.4) is 0 Å². The van der Waals surface area contributed by atoms with E-state index in [1.165, 1.54) is 6.20 Å². The molecule has 0 spiro atoms. The maximum Gasteiger partial charge on any atom is 0.350 e. The zero-order chi connectivity index (χ0) is 26.7. The summed E-state index contributed by atoms with van der Waals surface area (Å²) in [6.07, 6.45) is 2.31. The first-order valence-corrected chi connectivity index (χ1v) is 12.4. The van der Waals surface area contributed by atoms with Gasteiger partial charge in [0.15, 0.2) is 0 Å². The number of amides is 1. The molecule has 10 heteroatoms. The molecule has 0 aliphatic carbocycles. The Morgan fingerprint density at radius 1 is 0.919 bits per heavy atom. The fourth-order valence-corrected chi connectivity index (χ4v) is 4.73. The number of thioether (sulfide) groups is 1. The average molecular weight is 522 g/mol. The molecule has 9 nitrogen and oxygen atoms in total. The molecular formula is C27H27N3O6S. The molecule has 1 unspecified atom stereocenters. The zero-order valence-electron chi connectivity index (χ0n) is 19.9. The van der Waals surface area contributed by atoms with Crippen LogP contribution in [0.1, 0.15) is 35.2 Å². The van der Waals surface area contributed by atoms with E-state index in [0.717, 1.165) is 17.3 Å². The second-order valence-corrected chi connectivity index (χ2v) is 9.58. The maximum absolute atomic E-state index is 13.2. The third-order valence-electron chi connectivity index (χ3n) is 5.45. The number of hydrogen-bond donors (Lipinski definition) is 4. The van der Waals surface area contributed by atoms with Gasteiger partial charge in [0, 0.05) is 48.2 Å². The number of nitrogens with zero attached hydrogens (tertiary/aromatic N) is 1. The molecule has 0 aliphatic heterocycles. The number of pyridine rings is 1. The predicted molar refractivity (Wildman–Crippen MR) is 140 cm³/mol. The number of hydrogen-bond acceptors (Lipinski definition) is 7. The summed E-state index contributed by atoms with van der Waals surface area (Å²) in [4.78, 5) is 53.7. The highest BCUT2D eigenvalue weighted by Gasteiger charge is 2.41. The molecule has 0 saturated heterocycles. The van der Waals surface area contributed by atoms with Crippen LogP contribution in [0.4, 0.5) is 5.69 Å². The Labute approximate surface area is 218 Å². The van der Waals surface area contributed by atoms with E-state index < -0.39 is 41.6 Å². The summed E-state index contributed by atoms with van der Waals surface area (Å²) in [6, 6.07) is 20.9. The van der Waals surface area contributed by atoms with Crippen molar-refractivity contribution in [2.45, 2.75) is 36.6 Å². The first kappa shape index (κ1) is 27.4. The quantitative estimate of drug-likeness (QED) is 0.247. The third-order valence-corrected chi connectivity index (χ3v) is 6.57. The number of nitrogens with one attached hydrogen (secondary N) is 2. The highest BCUT2D eigenvalue weighted by Crippen LogP contribution is 2.25. The van der Waals surface area contributed by atoms with E-state index in [-0.39, 0.29) is 11.5 Å². The minimum atomic E-state index is -2.06. The van der Waals surface area contributed by atoms with Gasteiger partial charge in [-0.15, -0.1) is 0 Å². The Morgan fingerprint density at radius 3 is 2.19 bits per heavy atom. The fraction of sp³-hybridized carbons (Fsp3) is 0.222. The number of para-hydroxylation sites is 1. The van der Waals surface area contributed by atoms with E-state index >= 15 is 0 Å². The number of benzene rings is 2. The highest BCUT2D eigenvalue weighted by molar-refractivity contribution is 8.14. The largest absolute Gasteiger partial charge is 0.481 e. The second-order valence-electron chi connectivity index (χ2n) is 8.31. The fourth-order valence-electron chi connectivity index (χ4n) is 3.66. The van der Waals surface area contributed by atoms with Gasteiger partial charge in [-0.2, -0.15) is 0 Å². The highest BCUT2D eigenvalue weighted by atomic mass is 32.2. The van der Waals surface area contributed by atoms with Gasteiger partial charge in [-0.25, -0.2) is 4.79 Å². The van der Waals surface area contributed by atoms with Gasteiger partial charge >= 0.3 is 11.9 Å². The van der Waals surface area contributed by atoms with Crippen molar-refractivity contribution < 1.29 is 29.4 Å². The van der Waals surface area contributed by atoms with Crippen molar-refractivity contribution >= 4 is 40.4 Å². The van der Waals surface area contributed by atoms with Crippen LogP contribution < -0.4 is 10.6 Å². The number of aromatic nitrogens is 1. The molecule has 2 aromatic carbocycles. The molecule has 37 heavy (non-hydrogen) atoms. The van der Waals surface area contributed by atoms with E-state index in [9.17, 15) is 29.4 Å². The van der Waals surface area contributed by atoms with Gasteiger partial charge in [0.1, 0.15) is 0 Å². The smallest absolute Gasteiger partial charge is 0.350 e. The zero-order valence-corrected chi connectivity index (χ0v) is 20.7. The number of carbonyl (C=O) groups is 4. The van der Waals surface area contributed by atoms with Crippen LogP contribution in [0.15, 0.2) is 85.2 Å². The van der Waals surface area contributed by atoms with E-state index in [1.807, 2.05) is 30.3 Å². The molecule has 0 radical (unpaired) electrons. The van der Waals surface area contributed by atoms with Crippen molar-refractivity contribution in [3.05, 3.63) is 96.3 Å². The van der Waals surface area contributed by atoms with Gasteiger partial charge in [0.05, 0.1) is 0 Å². The monoisotopic (exact) mass is 521 g/mol. The Hall–Kier alpha value is -4.18. The van der Waals surface area contributed by atoms with E-state index in [1.54, 1.807) is 48.7 Å². The Bertz CT molecular complexity index is 1210. The average Bonchev–Trinajstić information content (AvgIpc) is 2.88. The van der Waals surface area contributed by atoms with Crippen LogP contribution in [0, 0.1) is 0 Å². The summed E-state index contributed by atoms with van der Waals surface area (Å²) < 4.78 is 0. The Balaban J connectivity index is 1.82. The molecule has 0 bridgehead atoms. The van der Waals surface area contributed by atoms with E-state index in [2.05, 4.69) is 15.6 Å².